The van der Waals surface area contributed by atoms with Gasteiger partial charge in [-0.25, -0.2) is 9.15 Å². The number of benzene rings is 2. The summed E-state index contributed by atoms with van der Waals surface area (Å²) in [5, 5.41) is 0. The van der Waals surface area contributed by atoms with E-state index < -0.39 is 0 Å². The molecule has 0 saturated carbocycles. The van der Waals surface area contributed by atoms with E-state index in [0.717, 1.165) is 25.9 Å². The number of unbranched alkanes of at least 4 members (excludes halogenated alkanes) is 1. The van der Waals surface area contributed by atoms with E-state index >= 15 is 0 Å². The molecule has 4 rings (SSSR count). The zero-order valence-corrected chi connectivity index (χ0v) is 28.6. The zero-order chi connectivity index (χ0) is 26.1. The van der Waals surface area contributed by atoms with Gasteiger partial charge in [-0.15, -0.1) is 0 Å². The fraction of sp³-hybridized carbons (Fsp3) is 0.438. The van der Waals surface area contributed by atoms with Crippen molar-refractivity contribution >= 4 is 23.8 Å². The second-order valence-corrected chi connectivity index (χ2v) is 11.6. The molecule has 0 bridgehead atoms. The molecule has 0 amide bonds. The summed E-state index contributed by atoms with van der Waals surface area (Å²) >= 11 is 0. The van der Waals surface area contributed by atoms with Gasteiger partial charge in [-0.05, 0) is 36.1 Å². The fourth-order valence-electron chi connectivity index (χ4n) is 5.74. The molecule has 4 nitrogen and oxygen atoms in total. The fourth-order valence-corrected chi connectivity index (χ4v) is 5.74. The van der Waals surface area contributed by atoms with Crippen molar-refractivity contribution in [2.75, 3.05) is 51.1 Å². The van der Waals surface area contributed by atoms with Gasteiger partial charge < -0.3 is 57.8 Å². The van der Waals surface area contributed by atoms with E-state index in [1.54, 1.807) is 0 Å². The van der Waals surface area contributed by atoms with Crippen LogP contribution in [-0.2, 0) is 10.8 Å². The van der Waals surface area contributed by atoms with E-state index in [-0.39, 0.29) is 58.8 Å². The summed E-state index contributed by atoms with van der Waals surface area (Å²) in [6, 6.07) is 17.8. The quantitative estimate of drug-likeness (QED) is 0.170. The van der Waals surface area contributed by atoms with E-state index in [2.05, 4.69) is 148 Å². The highest BCUT2D eigenvalue weighted by Gasteiger charge is 2.41. The third-order valence-corrected chi connectivity index (χ3v) is 7.67. The van der Waals surface area contributed by atoms with Crippen LogP contribution in [0.2, 0.25) is 0 Å². The minimum atomic E-state index is -0.00105. The molecule has 6 heteroatoms. The van der Waals surface area contributed by atoms with Crippen molar-refractivity contribution in [3.05, 3.63) is 83.2 Å². The van der Waals surface area contributed by atoms with Gasteiger partial charge in [0.15, 0.2) is 12.4 Å². The van der Waals surface area contributed by atoms with Gasteiger partial charge in [0.05, 0.1) is 0 Å². The van der Waals surface area contributed by atoms with Crippen molar-refractivity contribution in [1.82, 2.24) is 0 Å². The minimum absolute atomic E-state index is 0. The van der Waals surface area contributed by atoms with Gasteiger partial charge in [0.25, 0.3) is 0 Å². The molecule has 0 radical (unpaired) electrons. The summed E-state index contributed by atoms with van der Waals surface area (Å²) in [5.74, 6) is 0. The molecular weight excluding hydrogens is 694 g/mol. The van der Waals surface area contributed by atoms with Crippen molar-refractivity contribution in [1.29, 1.82) is 0 Å². The summed E-state index contributed by atoms with van der Waals surface area (Å²) < 4.78 is 4.24. The monoisotopic (exact) mass is 738 g/mol. The predicted octanol–water partition coefficient (Wildman–Crippen LogP) is -0.176. The molecule has 0 fully saturated rings. The first kappa shape index (κ1) is 32.5. The molecule has 2 aliphatic rings. The number of hydrogen-bond donors (Lipinski definition) is 0. The SMILES string of the molecule is C[N+](C)=CC=C1N(CCCCN2C(=CC=[N+](C)C)C(C)(C)c3ccccc32)c2ccccc2C1(C)C.[I-].[I-]. The molecular formula is C32H44I2N4. The molecule has 0 N–H and O–H groups in total. The topological polar surface area (TPSA) is 12.5 Å². The molecule has 2 aromatic carbocycles. The van der Waals surface area contributed by atoms with Gasteiger partial charge in [0.1, 0.15) is 28.2 Å². The molecule has 0 spiro atoms. The number of hydrogen-bond acceptors (Lipinski definition) is 2. The third kappa shape index (κ3) is 6.37. The highest BCUT2D eigenvalue weighted by Crippen LogP contribution is 2.48. The van der Waals surface area contributed by atoms with Gasteiger partial charge in [-0.2, -0.15) is 0 Å². The molecule has 206 valence electrons. The number of fused-ring (bicyclic) bond motifs is 2. The van der Waals surface area contributed by atoms with Crippen LogP contribution in [0.3, 0.4) is 0 Å². The summed E-state index contributed by atoms with van der Waals surface area (Å²) in [6.07, 6.45) is 11.2. The zero-order valence-electron chi connectivity index (χ0n) is 24.3. The smallest absolute Gasteiger partial charge is 0.164 e. The van der Waals surface area contributed by atoms with Crippen LogP contribution in [0.1, 0.15) is 51.7 Å². The maximum atomic E-state index is 2.55. The molecule has 0 aliphatic carbocycles. The summed E-state index contributed by atoms with van der Waals surface area (Å²) in [6.45, 7) is 11.4. The highest BCUT2D eigenvalue weighted by molar-refractivity contribution is 5.78. The van der Waals surface area contributed by atoms with Gasteiger partial charge in [-0.1, -0.05) is 64.1 Å². The van der Waals surface area contributed by atoms with Crippen molar-refractivity contribution in [2.24, 2.45) is 0 Å². The first-order chi connectivity index (χ1) is 17.0. The highest BCUT2D eigenvalue weighted by atomic mass is 127. The Labute approximate surface area is 264 Å². The first-order valence-electron chi connectivity index (χ1n) is 13.2. The minimum Gasteiger partial charge on any atom is -1.00 e. The summed E-state index contributed by atoms with van der Waals surface area (Å²) in [4.78, 5) is 5.10. The summed E-state index contributed by atoms with van der Waals surface area (Å²) in [5.41, 5.74) is 8.31. The number of allylic oxidation sites excluding steroid dienone is 4. The lowest BCUT2D eigenvalue weighted by Crippen LogP contribution is -3.00. The molecule has 38 heavy (non-hydrogen) atoms. The Morgan fingerprint density at radius 1 is 0.605 bits per heavy atom. The maximum Gasteiger partial charge on any atom is 0.164 e. The van der Waals surface area contributed by atoms with E-state index in [1.807, 2.05) is 0 Å². The van der Waals surface area contributed by atoms with E-state index in [9.17, 15) is 0 Å². The lowest BCUT2D eigenvalue weighted by Gasteiger charge is -2.28. The van der Waals surface area contributed by atoms with Crippen LogP contribution >= 0.6 is 0 Å². The molecule has 2 heterocycles. The second kappa shape index (κ2) is 13.1. The Morgan fingerprint density at radius 2 is 0.947 bits per heavy atom. The van der Waals surface area contributed by atoms with Gasteiger partial charge in [0, 0.05) is 58.8 Å². The van der Waals surface area contributed by atoms with Crippen LogP contribution in [0.15, 0.2) is 72.1 Å². The normalized spacial score (nSPS) is 18.4. The van der Waals surface area contributed by atoms with Crippen molar-refractivity contribution in [3.63, 3.8) is 0 Å². The van der Waals surface area contributed by atoms with E-state index in [4.69, 9.17) is 0 Å². The maximum absolute atomic E-state index is 2.55. The molecule has 2 aromatic rings. The lowest BCUT2D eigenvalue weighted by molar-refractivity contribution is -0.458. The van der Waals surface area contributed by atoms with Gasteiger partial charge >= 0.3 is 0 Å². The second-order valence-electron chi connectivity index (χ2n) is 11.6. The molecule has 0 saturated heterocycles. The Balaban J connectivity index is 0.00000253. The Hall–Kier alpha value is -1.68. The standard InChI is InChI=1S/C32H44N4.2HI/c1-31(2)25-15-9-11-17-27(25)35(29(31)19-23-33(5)6)21-13-14-22-36-28-18-12-10-16-26(28)32(3,4)30(36)20-24-34(7)8;;/h9-12,15-20,23-24H,13-14,21-22H2,1-8H3;2*1H/q+2;;/p-2. The Bertz CT molecular complexity index is 1150. The van der Waals surface area contributed by atoms with E-state index in [0.29, 0.717) is 0 Å². The predicted molar refractivity (Wildman–Crippen MR) is 155 cm³/mol. The van der Waals surface area contributed by atoms with Crippen LogP contribution in [0.4, 0.5) is 11.4 Å². The number of halogens is 2. The van der Waals surface area contributed by atoms with Crippen LogP contribution in [0.5, 0.6) is 0 Å². The van der Waals surface area contributed by atoms with Crippen LogP contribution in [0.25, 0.3) is 0 Å². The van der Waals surface area contributed by atoms with Crippen LogP contribution < -0.4 is 57.8 Å². The van der Waals surface area contributed by atoms with Crippen molar-refractivity contribution in [2.45, 2.75) is 51.4 Å². The molecule has 0 aromatic heterocycles. The number of para-hydroxylation sites is 2. The number of nitrogens with zero attached hydrogens (tertiary/aromatic N) is 4. The average molecular weight is 739 g/mol. The molecule has 2 aliphatic heterocycles. The Morgan fingerprint density at radius 3 is 1.29 bits per heavy atom. The Kier molecular flexibility index (Phi) is 11.2. The number of rotatable bonds is 7. The van der Waals surface area contributed by atoms with Crippen molar-refractivity contribution < 1.29 is 57.1 Å². The molecule has 0 unspecified atom stereocenters. The number of anilines is 2. The van der Waals surface area contributed by atoms with Crippen LogP contribution in [-0.4, -0.2) is 62.9 Å². The van der Waals surface area contributed by atoms with Gasteiger partial charge in [-0.3, -0.25) is 0 Å². The average Bonchev–Trinajstić information content (AvgIpc) is 3.18. The lowest BCUT2D eigenvalue weighted by atomic mass is 9.84. The van der Waals surface area contributed by atoms with Gasteiger partial charge in [0.2, 0.25) is 0 Å². The largest absolute Gasteiger partial charge is 1.00 e. The molecule has 0 atom stereocenters. The third-order valence-electron chi connectivity index (χ3n) is 7.67. The first-order valence-corrected chi connectivity index (χ1v) is 13.2. The van der Waals surface area contributed by atoms with E-state index in [1.165, 1.54) is 33.9 Å². The van der Waals surface area contributed by atoms with Crippen molar-refractivity contribution in [3.8, 4) is 0 Å². The van der Waals surface area contributed by atoms with Crippen LogP contribution in [0, 0.1) is 0 Å². The summed E-state index contributed by atoms with van der Waals surface area (Å²) in [7, 11) is 8.35.